The highest BCUT2D eigenvalue weighted by Gasteiger charge is 2.32. The molecule has 3 rings (SSSR count). The predicted octanol–water partition coefficient (Wildman–Crippen LogP) is 2.12. The number of hydrogen-bond donors (Lipinski definition) is 0. The first-order valence-corrected chi connectivity index (χ1v) is 7.10. The molecule has 0 radical (unpaired) electrons. The summed E-state index contributed by atoms with van der Waals surface area (Å²) < 4.78 is 10.4. The molecule has 7 heteroatoms. The van der Waals surface area contributed by atoms with Crippen molar-refractivity contribution in [2.24, 2.45) is 0 Å². The summed E-state index contributed by atoms with van der Waals surface area (Å²) in [6.07, 6.45) is 0.822. The Morgan fingerprint density at radius 3 is 2.81 bits per heavy atom. The number of aromatic nitrogens is 3. The third kappa shape index (κ3) is 2.68. The van der Waals surface area contributed by atoms with E-state index in [4.69, 9.17) is 9.05 Å². The van der Waals surface area contributed by atoms with E-state index in [9.17, 15) is 4.79 Å². The van der Waals surface area contributed by atoms with Gasteiger partial charge in [0.05, 0.1) is 5.92 Å². The Hall–Kier alpha value is -2.18. The summed E-state index contributed by atoms with van der Waals surface area (Å²) in [7, 11) is 0. The lowest BCUT2D eigenvalue weighted by atomic mass is 10.1. The van der Waals surface area contributed by atoms with Crippen molar-refractivity contribution in [1.29, 1.82) is 0 Å². The van der Waals surface area contributed by atoms with Crippen molar-refractivity contribution in [3.63, 3.8) is 0 Å². The molecule has 7 nitrogen and oxygen atoms in total. The second kappa shape index (κ2) is 5.31. The third-order valence-corrected chi connectivity index (χ3v) is 3.68. The van der Waals surface area contributed by atoms with E-state index in [1.54, 1.807) is 17.9 Å². The average molecular weight is 290 g/mol. The van der Waals surface area contributed by atoms with Gasteiger partial charge in [0.25, 0.3) is 5.91 Å². The maximum absolute atomic E-state index is 12.4. The number of likely N-dealkylation sites (tertiary alicyclic amines) is 1. The van der Waals surface area contributed by atoms with Crippen molar-refractivity contribution in [3.05, 3.63) is 29.2 Å². The molecule has 0 aliphatic carbocycles. The smallest absolute Gasteiger partial charge is 0.276 e. The van der Waals surface area contributed by atoms with Gasteiger partial charge in [-0.1, -0.05) is 24.2 Å². The van der Waals surface area contributed by atoms with E-state index in [1.807, 2.05) is 13.8 Å². The molecule has 1 amide bonds. The van der Waals surface area contributed by atoms with Crippen LogP contribution < -0.4 is 0 Å². The molecule has 112 valence electrons. The number of rotatable bonds is 3. The van der Waals surface area contributed by atoms with Crippen molar-refractivity contribution in [2.45, 2.75) is 39.0 Å². The molecule has 1 fully saturated rings. The number of hydrogen-bond acceptors (Lipinski definition) is 6. The van der Waals surface area contributed by atoms with Crippen molar-refractivity contribution >= 4 is 5.91 Å². The van der Waals surface area contributed by atoms with Crippen LogP contribution in [-0.2, 0) is 0 Å². The second-order valence-electron chi connectivity index (χ2n) is 5.69. The fraction of sp³-hybridized carbons (Fsp3) is 0.571. The summed E-state index contributed by atoms with van der Waals surface area (Å²) in [4.78, 5) is 18.4. The Labute approximate surface area is 122 Å². The van der Waals surface area contributed by atoms with Gasteiger partial charge in [-0.15, -0.1) is 0 Å². The molecule has 2 aromatic rings. The number of carbonyl (C=O) groups is 1. The fourth-order valence-corrected chi connectivity index (χ4v) is 2.45. The van der Waals surface area contributed by atoms with E-state index in [-0.39, 0.29) is 17.7 Å². The molecule has 2 aromatic heterocycles. The third-order valence-electron chi connectivity index (χ3n) is 3.68. The molecule has 1 atom stereocenters. The molecule has 0 saturated carbocycles. The van der Waals surface area contributed by atoms with Crippen LogP contribution >= 0.6 is 0 Å². The van der Waals surface area contributed by atoms with Gasteiger partial charge in [0, 0.05) is 25.1 Å². The molecule has 1 saturated heterocycles. The fourth-order valence-electron chi connectivity index (χ4n) is 2.45. The number of amides is 1. The van der Waals surface area contributed by atoms with Crippen molar-refractivity contribution in [1.82, 2.24) is 20.2 Å². The summed E-state index contributed by atoms with van der Waals surface area (Å²) in [6.45, 7) is 7.02. The van der Waals surface area contributed by atoms with Crippen LogP contribution in [0.5, 0.6) is 0 Å². The standard InChI is InChI=1S/C14H18N4O3/c1-8(2)12-6-11(17-20-12)14(19)18-5-4-10(7-18)13-15-9(3)16-21-13/h6,8,10H,4-5,7H2,1-3H3/t10-/m1/s1. The SMILES string of the molecule is Cc1noc([C@@H]2CCN(C(=O)c3cc(C(C)C)on3)C2)n1. The molecule has 0 spiro atoms. The van der Waals surface area contributed by atoms with Gasteiger partial charge in [-0.3, -0.25) is 4.79 Å². The summed E-state index contributed by atoms with van der Waals surface area (Å²) in [5.41, 5.74) is 0.362. The highest BCUT2D eigenvalue weighted by atomic mass is 16.5. The monoisotopic (exact) mass is 290 g/mol. The van der Waals surface area contributed by atoms with E-state index in [0.29, 0.717) is 30.5 Å². The van der Waals surface area contributed by atoms with Gasteiger partial charge in [-0.25, -0.2) is 0 Å². The predicted molar refractivity (Wildman–Crippen MR) is 72.9 cm³/mol. The quantitative estimate of drug-likeness (QED) is 0.860. The first-order valence-electron chi connectivity index (χ1n) is 7.10. The van der Waals surface area contributed by atoms with Crippen LogP contribution in [0.25, 0.3) is 0 Å². The van der Waals surface area contributed by atoms with Gasteiger partial charge in [0.1, 0.15) is 5.76 Å². The van der Waals surface area contributed by atoms with Crippen LogP contribution in [0.15, 0.2) is 15.1 Å². The Morgan fingerprint density at radius 1 is 1.38 bits per heavy atom. The number of nitrogens with zero attached hydrogens (tertiary/aromatic N) is 4. The highest BCUT2D eigenvalue weighted by molar-refractivity contribution is 5.92. The Balaban J connectivity index is 1.69. The lowest BCUT2D eigenvalue weighted by Crippen LogP contribution is -2.28. The zero-order chi connectivity index (χ0) is 15.0. The minimum Gasteiger partial charge on any atom is -0.360 e. The Kier molecular flexibility index (Phi) is 3.48. The normalized spacial score (nSPS) is 18.7. The minimum atomic E-state index is -0.107. The van der Waals surface area contributed by atoms with Crippen LogP contribution in [-0.4, -0.2) is 39.2 Å². The summed E-state index contributed by atoms with van der Waals surface area (Å²) >= 11 is 0. The maximum Gasteiger partial charge on any atom is 0.276 e. The van der Waals surface area contributed by atoms with Crippen LogP contribution in [0.1, 0.15) is 60.1 Å². The number of carbonyl (C=O) groups excluding carboxylic acids is 1. The van der Waals surface area contributed by atoms with Crippen LogP contribution in [0, 0.1) is 6.92 Å². The van der Waals surface area contributed by atoms with Crippen molar-refractivity contribution in [3.8, 4) is 0 Å². The molecular formula is C14H18N4O3. The van der Waals surface area contributed by atoms with Gasteiger partial charge in [-0.2, -0.15) is 4.98 Å². The first kappa shape index (κ1) is 13.8. The van der Waals surface area contributed by atoms with E-state index in [2.05, 4.69) is 15.3 Å². The topological polar surface area (TPSA) is 85.3 Å². The van der Waals surface area contributed by atoms with Gasteiger partial charge >= 0.3 is 0 Å². The van der Waals surface area contributed by atoms with Crippen LogP contribution in [0.2, 0.25) is 0 Å². The summed E-state index contributed by atoms with van der Waals surface area (Å²) in [6, 6.07) is 1.72. The lowest BCUT2D eigenvalue weighted by molar-refractivity contribution is 0.0779. The molecule has 1 aliphatic heterocycles. The summed E-state index contributed by atoms with van der Waals surface area (Å²) in [5.74, 6) is 2.16. The molecule has 21 heavy (non-hydrogen) atoms. The first-order chi connectivity index (χ1) is 10.0. The van der Waals surface area contributed by atoms with Crippen molar-refractivity contribution in [2.75, 3.05) is 13.1 Å². The van der Waals surface area contributed by atoms with Crippen LogP contribution in [0.3, 0.4) is 0 Å². The minimum absolute atomic E-state index is 0.103. The van der Waals surface area contributed by atoms with Gasteiger partial charge in [0.2, 0.25) is 5.89 Å². The second-order valence-corrected chi connectivity index (χ2v) is 5.69. The zero-order valence-corrected chi connectivity index (χ0v) is 12.4. The van der Waals surface area contributed by atoms with Gasteiger partial charge in [-0.05, 0) is 13.3 Å². The maximum atomic E-state index is 12.4. The largest absolute Gasteiger partial charge is 0.360 e. The molecule has 3 heterocycles. The van der Waals surface area contributed by atoms with E-state index >= 15 is 0 Å². The average Bonchev–Trinajstić information content (AvgIpc) is 3.17. The van der Waals surface area contributed by atoms with E-state index in [1.165, 1.54) is 0 Å². The van der Waals surface area contributed by atoms with Crippen molar-refractivity contribution < 1.29 is 13.8 Å². The van der Waals surface area contributed by atoms with Crippen LogP contribution in [0.4, 0.5) is 0 Å². The molecule has 0 N–H and O–H groups in total. The number of aryl methyl sites for hydroxylation is 1. The Bertz CT molecular complexity index is 646. The van der Waals surface area contributed by atoms with Gasteiger partial charge < -0.3 is 13.9 Å². The van der Waals surface area contributed by atoms with E-state index < -0.39 is 0 Å². The highest BCUT2D eigenvalue weighted by Crippen LogP contribution is 2.27. The van der Waals surface area contributed by atoms with Gasteiger partial charge in [0.15, 0.2) is 11.5 Å². The molecule has 1 aliphatic rings. The molecule has 0 bridgehead atoms. The zero-order valence-electron chi connectivity index (χ0n) is 12.4. The molecule has 0 aromatic carbocycles. The lowest BCUT2D eigenvalue weighted by Gasteiger charge is -2.13. The van der Waals surface area contributed by atoms with E-state index in [0.717, 1.165) is 12.2 Å². The molecule has 0 unspecified atom stereocenters. The molecular weight excluding hydrogens is 272 g/mol. The Morgan fingerprint density at radius 2 is 2.19 bits per heavy atom. The summed E-state index contributed by atoms with van der Waals surface area (Å²) in [5, 5.41) is 7.66.